The van der Waals surface area contributed by atoms with Gasteiger partial charge in [0.2, 0.25) is 0 Å². The first-order valence-electron chi connectivity index (χ1n) is 41.3. The van der Waals surface area contributed by atoms with Crippen molar-refractivity contribution in [3.8, 4) is 63.2 Å². The Morgan fingerprint density at radius 3 is 1.32 bits per heavy atom. The van der Waals surface area contributed by atoms with E-state index in [1.165, 1.54) is 21.8 Å². The van der Waals surface area contributed by atoms with Crippen molar-refractivity contribution >= 4 is 133 Å². The van der Waals surface area contributed by atoms with Crippen LogP contribution in [0.4, 0.5) is 11.4 Å². The number of carbonyl (C=O) groups excluding carboxylic acids is 3. The molecule has 4 aliphatic heterocycles. The van der Waals surface area contributed by atoms with Gasteiger partial charge in [0.05, 0.1) is 107 Å². The molecule has 28 nitrogen and oxygen atoms in total. The van der Waals surface area contributed by atoms with Gasteiger partial charge in [-0.3, -0.25) is 29.3 Å². The number of aliphatic hydroxyl groups excluding tert-OH is 3. The summed E-state index contributed by atoms with van der Waals surface area (Å²) in [5, 5.41) is 54.7. The normalized spacial score (nSPS) is 15.6. The summed E-state index contributed by atoms with van der Waals surface area (Å²) in [6, 6.07) is 37.8. The number of methoxy groups -OCH3 is 3. The smallest absolute Gasteiger partial charge is 0.497 e. The molecule has 4 fully saturated rings. The van der Waals surface area contributed by atoms with Crippen molar-refractivity contribution in [3.05, 3.63) is 186 Å². The van der Waals surface area contributed by atoms with Gasteiger partial charge in [-0.2, -0.15) is 10.5 Å². The zero-order valence-electron chi connectivity index (χ0n) is 74.0. The summed E-state index contributed by atoms with van der Waals surface area (Å²) < 4.78 is 70.0. The molecule has 4 aliphatic rings. The topological polar surface area (TPSA) is 354 Å². The number of pyridine rings is 3. The first kappa shape index (κ1) is 96.3. The highest BCUT2D eigenvalue weighted by molar-refractivity contribution is 14.1. The van der Waals surface area contributed by atoms with Crippen LogP contribution in [-0.2, 0) is 28.1 Å². The molecular formula is C93H107B2Cl2IN10O18. The Balaban J connectivity index is 0.000000159. The van der Waals surface area contributed by atoms with Crippen molar-refractivity contribution in [1.82, 2.24) is 29.7 Å². The van der Waals surface area contributed by atoms with Crippen LogP contribution >= 0.6 is 45.8 Å². The third-order valence-corrected chi connectivity index (χ3v) is 24.5. The molecule has 0 atom stereocenters. The van der Waals surface area contributed by atoms with Crippen molar-refractivity contribution in [3.63, 3.8) is 0 Å². The number of fused-ring (bicyclic) bond motifs is 3. The van der Waals surface area contributed by atoms with Crippen molar-refractivity contribution in [2.45, 2.75) is 136 Å². The molecule has 3 amide bonds. The number of aryl methyl sites for hydroxylation is 3. The minimum atomic E-state index is -0.552. The SMILES string of the molecule is CC1(C)OB(c2ccc(NC3CCOCC3)c(C#N)c2)OC1(C)C.COc1cc(C(=O)N(C)CCO)ccc1-c1cc2ncc(C)c(-c3ccc(NC4CCOCC4)c(C#N)c3)c2o1.COc1cc(C(=O)N(C)CCO)ccc1-c1cc2ncc(C)c(Cl)c2o1.COc1cc(C(=O)N(C)CCO)ccc1B1OC(C)(C)C(C)(C)O1.Cc1cnc2cc(I)oc2c1Cl. The monoisotopic (exact) mass is 1870 g/mol. The molecule has 4 saturated heterocycles. The molecule has 0 radical (unpaired) electrons. The minimum Gasteiger partial charge on any atom is -0.497 e. The zero-order valence-corrected chi connectivity index (χ0v) is 77.7. The number of halogens is 3. The van der Waals surface area contributed by atoms with Crippen molar-refractivity contribution in [2.24, 2.45) is 0 Å². The molecule has 0 saturated carbocycles. The van der Waals surface area contributed by atoms with Gasteiger partial charge >= 0.3 is 14.2 Å². The molecule has 5 N–H and O–H groups in total. The maximum Gasteiger partial charge on any atom is 0.498 e. The third kappa shape index (κ3) is 22.2. The Morgan fingerprint density at radius 1 is 0.500 bits per heavy atom. The number of rotatable bonds is 21. The lowest BCUT2D eigenvalue weighted by molar-refractivity contribution is 0.00578. The number of amides is 3. The van der Waals surface area contributed by atoms with Crippen LogP contribution in [0, 0.1) is 47.2 Å². The van der Waals surface area contributed by atoms with Crippen LogP contribution in [0.25, 0.3) is 67.1 Å². The van der Waals surface area contributed by atoms with E-state index in [0.29, 0.717) is 112 Å². The number of hydrogen-bond acceptors (Lipinski definition) is 25. The van der Waals surface area contributed by atoms with E-state index in [0.717, 1.165) is 112 Å². The third-order valence-electron chi connectivity index (χ3n) is 23.1. The van der Waals surface area contributed by atoms with Crippen molar-refractivity contribution < 1.29 is 85.3 Å². The second-order valence-electron chi connectivity index (χ2n) is 32.9. The first-order valence-corrected chi connectivity index (χ1v) is 43.1. The molecule has 10 heterocycles. The average Bonchev–Trinajstić information content (AvgIpc) is 1.61. The molecule has 6 aromatic heterocycles. The molecule has 11 aromatic rings. The Morgan fingerprint density at radius 2 is 0.881 bits per heavy atom. The molecular weight excluding hydrogens is 1760 g/mol. The fourth-order valence-corrected chi connectivity index (χ4v) is 15.0. The standard InChI is InChI=1S/C31H32N4O5.C19H19ClN2O4.C18H25BN2O3.C17H26BNO5.C8H5ClINO/c1-19-18-33-26-16-28(24-6-4-21(15-27(24)38-3)31(37)35(2)10-11-36)40-30(26)29(19)20-5-7-25(22(14-20)17-32)34-23-8-12-39-13-9-23;1-11-10-21-14-9-16(26-18(14)17(11)20)13-5-4-12(8-15(13)25-3)19(24)22(2)6-7-23;1-17(2)18(3,4)24-19(23-17)14-5-6-16(13(11-14)12-20)21-15-7-9-22-10-8-15;1-16(2)17(3,4)24-18(23-16)13-8-7-12(11-14(13)22-6)15(21)19(5)9-10-20;1-4-3-11-5-2-6(10)12-8(5)7(4)9/h4-7,14-16,18,23,34,36H,8-13H2,1-3H3;4-5,8-10,23H,6-7H2,1-3H3;5-6,11,15,21H,7-10H2,1-4H3;7-8,11,20H,9-10H2,1-6H3;2-3H,1H3. The number of nitrogens with zero attached hydrogens (tertiary/aromatic N) is 8. The molecule has 0 bridgehead atoms. The summed E-state index contributed by atoms with van der Waals surface area (Å²) >= 11 is 14.4. The number of aromatic nitrogens is 3. The lowest BCUT2D eigenvalue weighted by Gasteiger charge is -2.32. The highest BCUT2D eigenvalue weighted by Gasteiger charge is 2.53. The lowest BCUT2D eigenvalue weighted by Crippen LogP contribution is -2.41. The predicted molar refractivity (Wildman–Crippen MR) is 496 cm³/mol. The van der Waals surface area contributed by atoms with E-state index >= 15 is 0 Å². The van der Waals surface area contributed by atoms with Crippen LogP contribution in [0.3, 0.4) is 0 Å². The number of benzene rings is 5. The average molecular weight is 1870 g/mol. The fraction of sp³-hybridized carbons (Fsp3) is 0.398. The van der Waals surface area contributed by atoms with Crippen LogP contribution in [0.15, 0.2) is 141 Å². The molecule has 15 rings (SSSR count). The first-order chi connectivity index (χ1) is 60.0. The summed E-state index contributed by atoms with van der Waals surface area (Å²) in [6.45, 7) is 25.3. The van der Waals surface area contributed by atoms with Gasteiger partial charge < -0.3 is 96.2 Å². The van der Waals surface area contributed by atoms with Gasteiger partial charge in [0.25, 0.3) is 17.7 Å². The number of carbonyl (C=O) groups is 3. The number of furan rings is 3. The van der Waals surface area contributed by atoms with E-state index in [4.69, 9.17) is 94.1 Å². The van der Waals surface area contributed by atoms with Gasteiger partial charge in [0, 0.05) is 144 Å². The Labute approximate surface area is 758 Å². The van der Waals surface area contributed by atoms with E-state index in [1.54, 1.807) is 115 Å². The Kier molecular flexibility index (Phi) is 32.1. The molecule has 0 unspecified atom stereocenters. The van der Waals surface area contributed by atoms with E-state index in [-0.39, 0.29) is 74.4 Å². The zero-order chi connectivity index (χ0) is 91.3. The molecule has 664 valence electrons. The van der Waals surface area contributed by atoms with E-state index in [1.807, 2.05) is 125 Å². The summed E-state index contributed by atoms with van der Waals surface area (Å²) in [6.07, 6.45) is 8.98. The molecule has 33 heteroatoms. The second kappa shape index (κ2) is 42.0. The second-order valence-corrected chi connectivity index (χ2v) is 34.7. The molecule has 0 aliphatic carbocycles. The van der Waals surface area contributed by atoms with Crippen LogP contribution in [0.5, 0.6) is 17.2 Å². The maximum atomic E-state index is 12.7. The highest BCUT2D eigenvalue weighted by Crippen LogP contribution is 2.44. The maximum absolute atomic E-state index is 12.7. The summed E-state index contributed by atoms with van der Waals surface area (Å²) in [4.78, 5) is 54.9. The number of nitriles is 2. The van der Waals surface area contributed by atoms with Crippen LogP contribution in [-0.4, -0.2) is 220 Å². The van der Waals surface area contributed by atoms with E-state index in [2.05, 4.69) is 60.3 Å². The number of ether oxygens (including phenoxy) is 5. The largest absolute Gasteiger partial charge is 0.498 e. The van der Waals surface area contributed by atoms with Gasteiger partial charge in [-0.05, 0) is 225 Å². The van der Waals surface area contributed by atoms with Gasteiger partial charge in [-0.15, -0.1) is 0 Å². The lowest BCUT2D eigenvalue weighted by atomic mass is 9.78. The molecule has 126 heavy (non-hydrogen) atoms. The van der Waals surface area contributed by atoms with E-state index < -0.39 is 25.4 Å². The van der Waals surface area contributed by atoms with Crippen molar-refractivity contribution in [2.75, 3.05) is 119 Å². The fourth-order valence-electron chi connectivity index (χ4n) is 14.2. The van der Waals surface area contributed by atoms with Crippen LogP contribution in [0.1, 0.15) is 140 Å². The summed E-state index contributed by atoms with van der Waals surface area (Å²) in [7, 11) is 8.54. The number of anilines is 2. The minimum absolute atomic E-state index is 0.0780. The molecule has 5 aromatic carbocycles. The summed E-state index contributed by atoms with van der Waals surface area (Å²) in [5.41, 5.74) is 14.0. The molecule has 0 spiro atoms. The quantitative estimate of drug-likeness (QED) is 0.0329. The Hall–Kier alpha value is -10.4. The van der Waals surface area contributed by atoms with Gasteiger partial charge in [-0.1, -0.05) is 41.4 Å². The van der Waals surface area contributed by atoms with Crippen LogP contribution < -0.4 is 35.8 Å². The van der Waals surface area contributed by atoms with Crippen LogP contribution in [0.2, 0.25) is 10.0 Å². The number of likely N-dealkylation sites (N-methyl/N-ethyl adjacent to an activating group) is 3. The highest BCUT2D eigenvalue weighted by atomic mass is 127. The van der Waals surface area contributed by atoms with Gasteiger partial charge in [0.1, 0.15) is 57.5 Å². The van der Waals surface area contributed by atoms with E-state index in [9.17, 15) is 24.9 Å². The number of hydrogen-bond donors (Lipinski definition) is 5. The van der Waals surface area contributed by atoms with Gasteiger partial charge in [0.15, 0.2) is 20.5 Å². The number of aliphatic hydroxyl groups is 3. The van der Waals surface area contributed by atoms with Gasteiger partial charge in [-0.25, -0.2) is 0 Å². The van der Waals surface area contributed by atoms with Crippen molar-refractivity contribution in [1.29, 1.82) is 10.5 Å². The summed E-state index contributed by atoms with van der Waals surface area (Å²) in [5.74, 6) is 2.03. The number of nitrogens with one attached hydrogen (secondary N) is 2. The Bertz CT molecular complexity index is 5790. The predicted octanol–water partition coefficient (Wildman–Crippen LogP) is 15.4.